The summed E-state index contributed by atoms with van der Waals surface area (Å²) in [5, 5.41) is 0. The van der Waals surface area contributed by atoms with E-state index in [0.717, 1.165) is 36.1 Å². The van der Waals surface area contributed by atoms with Crippen molar-refractivity contribution in [1.29, 1.82) is 0 Å². The largest absolute Gasteiger partial charge is 0.443 e. The van der Waals surface area contributed by atoms with Crippen molar-refractivity contribution in [2.75, 3.05) is 4.90 Å². The number of fused-ring (bicyclic) bond motifs is 1. The monoisotopic (exact) mass is 439 g/mol. The smallest absolute Gasteiger partial charge is 0.417 e. The Morgan fingerprint density at radius 2 is 1.42 bits per heavy atom. The number of carbonyl (C=O) groups is 1. The molecule has 0 N–H and O–H groups in total. The number of hydrogen-bond donors (Lipinski definition) is 0. The topological polar surface area (TPSA) is 38.8 Å². The van der Waals surface area contributed by atoms with Gasteiger partial charge in [0, 0.05) is 0 Å². The molecule has 4 heteroatoms. The van der Waals surface area contributed by atoms with Crippen LogP contribution in [-0.2, 0) is 20.5 Å². The zero-order chi connectivity index (χ0) is 22.9. The Kier molecular flexibility index (Phi) is 4.16. The van der Waals surface area contributed by atoms with E-state index in [9.17, 15) is 4.79 Å². The van der Waals surface area contributed by atoms with Gasteiger partial charge in [-0.05, 0) is 62.8 Å². The summed E-state index contributed by atoms with van der Waals surface area (Å²) in [5.41, 5.74) is 1.89. The Morgan fingerprint density at radius 1 is 0.848 bits per heavy atom. The Labute approximate surface area is 195 Å². The van der Waals surface area contributed by atoms with Crippen LogP contribution < -0.4 is 4.90 Å². The van der Waals surface area contributed by atoms with Crippen LogP contribution in [0.5, 0.6) is 0 Å². The van der Waals surface area contributed by atoms with E-state index in [1.54, 1.807) is 0 Å². The average Bonchev–Trinajstić information content (AvgIpc) is 3.18. The summed E-state index contributed by atoms with van der Waals surface area (Å²) in [4.78, 5) is 15.5. The van der Waals surface area contributed by atoms with Gasteiger partial charge in [0.15, 0.2) is 5.72 Å². The zero-order valence-electron chi connectivity index (χ0n) is 19.4. The predicted octanol–water partition coefficient (Wildman–Crippen LogP) is 6.53. The molecule has 2 fully saturated rings. The standard InChI is InChI=1S/C29H29NO3/c1-26(2,3)32-25(31)30-24-18-11-10-17-23(24)27-19-12-20-28(27,30)33-29(27,21-13-6-4-7-14-21)22-15-8-5-9-16-22/h4-11,13-18H,12,19-20H2,1-3H3. The number of rotatable bonds is 2. The second kappa shape index (κ2) is 6.71. The lowest BCUT2D eigenvalue weighted by Gasteiger charge is -2.66. The second-order valence-corrected chi connectivity index (χ2v) is 10.4. The molecule has 168 valence electrons. The lowest BCUT2D eigenvalue weighted by molar-refractivity contribution is -0.311. The summed E-state index contributed by atoms with van der Waals surface area (Å²) >= 11 is 0. The van der Waals surface area contributed by atoms with E-state index >= 15 is 0 Å². The molecule has 33 heavy (non-hydrogen) atoms. The first-order valence-corrected chi connectivity index (χ1v) is 11.8. The Hall–Kier alpha value is -3.11. The van der Waals surface area contributed by atoms with E-state index in [-0.39, 0.29) is 6.09 Å². The molecule has 0 radical (unpaired) electrons. The molecule has 0 spiro atoms. The Morgan fingerprint density at radius 3 is 2.03 bits per heavy atom. The van der Waals surface area contributed by atoms with Crippen molar-refractivity contribution < 1.29 is 14.3 Å². The maximum absolute atomic E-state index is 13.7. The minimum atomic E-state index is -0.759. The van der Waals surface area contributed by atoms with Crippen molar-refractivity contribution in [2.24, 2.45) is 0 Å². The summed E-state index contributed by atoms with van der Waals surface area (Å²) in [7, 11) is 0. The van der Waals surface area contributed by atoms with Gasteiger partial charge in [0.25, 0.3) is 0 Å². The molecule has 4 nitrogen and oxygen atoms in total. The van der Waals surface area contributed by atoms with Gasteiger partial charge in [-0.25, -0.2) is 9.69 Å². The molecule has 1 aliphatic carbocycles. The van der Waals surface area contributed by atoms with Crippen molar-refractivity contribution in [3.05, 3.63) is 102 Å². The number of benzene rings is 3. The summed E-state index contributed by atoms with van der Waals surface area (Å²) in [6.07, 6.45) is 2.36. The summed E-state index contributed by atoms with van der Waals surface area (Å²) < 4.78 is 13.1. The molecule has 1 saturated carbocycles. The first-order chi connectivity index (χ1) is 15.9. The lowest BCUT2D eigenvalue weighted by Crippen LogP contribution is -2.78. The van der Waals surface area contributed by atoms with Gasteiger partial charge in [-0.3, -0.25) is 0 Å². The number of nitrogens with zero attached hydrogens (tertiary/aromatic N) is 1. The van der Waals surface area contributed by atoms with E-state index in [1.165, 1.54) is 5.56 Å². The number of para-hydroxylation sites is 1. The molecule has 0 aromatic heterocycles. The van der Waals surface area contributed by atoms with Crippen molar-refractivity contribution in [2.45, 2.75) is 62.4 Å². The van der Waals surface area contributed by atoms with E-state index in [0.29, 0.717) is 0 Å². The molecule has 2 atom stereocenters. The average molecular weight is 440 g/mol. The van der Waals surface area contributed by atoms with Crippen LogP contribution >= 0.6 is 0 Å². The van der Waals surface area contributed by atoms with Crippen LogP contribution in [0.15, 0.2) is 84.9 Å². The highest BCUT2D eigenvalue weighted by molar-refractivity contribution is 5.95. The first kappa shape index (κ1) is 20.5. The van der Waals surface area contributed by atoms with Crippen LogP contribution in [0, 0.1) is 0 Å². The van der Waals surface area contributed by atoms with Crippen LogP contribution in [0.2, 0.25) is 0 Å². The van der Waals surface area contributed by atoms with Crippen LogP contribution in [0.3, 0.4) is 0 Å². The maximum atomic E-state index is 13.7. The van der Waals surface area contributed by atoms with Crippen LogP contribution in [-0.4, -0.2) is 17.4 Å². The molecule has 1 saturated heterocycles. The van der Waals surface area contributed by atoms with Gasteiger partial charge in [-0.15, -0.1) is 0 Å². The van der Waals surface area contributed by atoms with Gasteiger partial charge in [0.1, 0.15) is 11.2 Å². The number of ether oxygens (including phenoxy) is 2. The highest BCUT2D eigenvalue weighted by atomic mass is 16.6. The number of anilines is 1. The molecular weight excluding hydrogens is 410 g/mol. The zero-order valence-corrected chi connectivity index (χ0v) is 19.4. The van der Waals surface area contributed by atoms with E-state index in [1.807, 2.05) is 49.9 Å². The maximum Gasteiger partial charge on any atom is 0.417 e. The molecule has 2 aliphatic heterocycles. The van der Waals surface area contributed by atoms with Gasteiger partial charge in [0.2, 0.25) is 0 Å². The normalized spacial score (nSPS) is 26.7. The third-order valence-corrected chi connectivity index (χ3v) is 7.56. The van der Waals surface area contributed by atoms with Crippen LogP contribution in [0.25, 0.3) is 0 Å². The SMILES string of the molecule is CC(C)(C)OC(=O)N1c2ccccc2C23CCCC12OC3(c1ccccc1)c1ccccc1. The van der Waals surface area contributed by atoms with E-state index in [2.05, 4.69) is 60.7 Å². The molecule has 2 unspecified atom stereocenters. The predicted molar refractivity (Wildman–Crippen MR) is 128 cm³/mol. The molecule has 3 aromatic carbocycles. The van der Waals surface area contributed by atoms with Gasteiger partial charge in [-0.2, -0.15) is 0 Å². The van der Waals surface area contributed by atoms with Crippen molar-refractivity contribution in [3.63, 3.8) is 0 Å². The molecule has 0 bridgehead atoms. The molecular formula is C29H29NO3. The van der Waals surface area contributed by atoms with Crippen molar-refractivity contribution in [1.82, 2.24) is 0 Å². The fraction of sp³-hybridized carbons (Fsp3) is 0.345. The van der Waals surface area contributed by atoms with Crippen LogP contribution in [0.1, 0.15) is 56.7 Å². The van der Waals surface area contributed by atoms with E-state index in [4.69, 9.17) is 9.47 Å². The highest BCUT2D eigenvalue weighted by Crippen LogP contribution is 2.77. The number of hydrogen-bond acceptors (Lipinski definition) is 3. The van der Waals surface area contributed by atoms with Gasteiger partial charge >= 0.3 is 6.09 Å². The minimum absolute atomic E-state index is 0.339. The Balaban J connectivity index is 1.63. The molecule has 3 aromatic rings. The van der Waals surface area contributed by atoms with Crippen molar-refractivity contribution >= 4 is 11.8 Å². The number of amides is 1. The highest BCUT2D eigenvalue weighted by Gasteiger charge is 2.85. The second-order valence-electron chi connectivity index (χ2n) is 10.4. The van der Waals surface area contributed by atoms with Gasteiger partial charge in [-0.1, -0.05) is 78.9 Å². The van der Waals surface area contributed by atoms with E-state index < -0.39 is 22.3 Å². The Bertz CT molecular complexity index is 1180. The molecule has 2 heterocycles. The minimum Gasteiger partial charge on any atom is -0.443 e. The van der Waals surface area contributed by atoms with Gasteiger partial charge in [0.05, 0.1) is 11.1 Å². The number of carbonyl (C=O) groups excluding carboxylic acids is 1. The fourth-order valence-electron chi connectivity index (χ4n) is 6.67. The van der Waals surface area contributed by atoms with Gasteiger partial charge < -0.3 is 9.47 Å². The third-order valence-electron chi connectivity index (χ3n) is 7.56. The fourth-order valence-corrected chi connectivity index (χ4v) is 6.67. The first-order valence-electron chi connectivity index (χ1n) is 11.8. The molecule has 1 amide bonds. The summed E-state index contributed by atoms with van der Waals surface area (Å²) in [6.45, 7) is 5.73. The van der Waals surface area contributed by atoms with Crippen LogP contribution in [0.4, 0.5) is 10.5 Å². The third kappa shape index (κ3) is 2.42. The summed E-state index contributed by atoms with van der Waals surface area (Å²) in [6, 6.07) is 29.3. The summed E-state index contributed by atoms with van der Waals surface area (Å²) in [5.74, 6) is 0. The quantitative estimate of drug-likeness (QED) is 0.455. The van der Waals surface area contributed by atoms with Crippen molar-refractivity contribution in [3.8, 4) is 0 Å². The lowest BCUT2D eigenvalue weighted by atomic mass is 9.54. The molecule has 3 aliphatic rings. The molecule has 6 rings (SSSR count).